The van der Waals surface area contributed by atoms with Gasteiger partial charge in [0.2, 0.25) is 0 Å². The Bertz CT molecular complexity index is 833. The standard InChI is InChI=1S/C27H38O4/c1-20(2)9-7-11-22(5)15-17-30-24-13-14-25(26(28)19-24)27(29)31-18-16-23(6)12-8-10-21(3)4/h9-10,13-16,19,28H,7-8,11-12,17-18H2,1-6H3. The summed E-state index contributed by atoms with van der Waals surface area (Å²) in [4.78, 5) is 12.2. The molecule has 4 heteroatoms. The minimum Gasteiger partial charge on any atom is -0.507 e. The van der Waals surface area contributed by atoms with E-state index in [2.05, 4.69) is 46.8 Å². The fourth-order valence-corrected chi connectivity index (χ4v) is 2.77. The van der Waals surface area contributed by atoms with Crippen LogP contribution in [0.1, 0.15) is 77.6 Å². The second-order valence-electron chi connectivity index (χ2n) is 8.33. The molecular formula is C27H38O4. The third-order valence-electron chi connectivity index (χ3n) is 4.70. The van der Waals surface area contributed by atoms with Crippen molar-refractivity contribution in [2.75, 3.05) is 13.2 Å². The van der Waals surface area contributed by atoms with Gasteiger partial charge in [-0.15, -0.1) is 0 Å². The second kappa shape index (κ2) is 14.3. The molecule has 0 heterocycles. The van der Waals surface area contributed by atoms with Crippen molar-refractivity contribution < 1.29 is 19.4 Å². The van der Waals surface area contributed by atoms with E-state index in [4.69, 9.17) is 9.47 Å². The number of carbonyl (C=O) groups is 1. The molecule has 0 aromatic heterocycles. The van der Waals surface area contributed by atoms with Crippen LogP contribution in [0.15, 0.2) is 64.8 Å². The molecule has 0 amide bonds. The van der Waals surface area contributed by atoms with E-state index in [1.54, 1.807) is 6.07 Å². The van der Waals surface area contributed by atoms with E-state index in [0.717, 1.165) is 25.7 Å². The zero-order chi connectivity index (χ0) is 23.2. The summed E-state index contributed by atoms with van der Waals surface area (Å²) in [6, 6.07) is 4.65. The maximum Gasteiger partial charge on any atom is 0.342 e. The van der Waals surface area contributed by atoms with Crippen LogP contribution in [0.25, 0.3) is 0 Å². The van der Waals surface area contributed by atoms with E-state index in [1.807, 2.05) is 19.1 Å². The Morgan fingerprint density at radius 3 is 1.90 bits per heavy atom. The number of hydrogen-bond donors (Lipinski definition) is 1. The molecule has 0 radical (unpaired) electrons. The predicted molar refractivity (Wildman–Crippen MR) is 129 cm³/mol. The first-order valence-corrected chi connectivity index (χ1v) is 10.9. The molecular weight excluding hydrogens is 388 g/mol. The number of carbonyl (C=O) groups excluding carboxylic acids is 1. The van der Waals surface area contributed by atoms with Crippen LogP contribution >= 0.6 is 0 Å². The molecule has 0 saturated carbocycles. The topological polar surface area (TPSA) is 55.8 Å². The Morgan fingerprint density at radius 2 is 1.39 bits per heavy atom. The van der Waals surface area contributed by atoms with Gasteiger partial charge in [-0.2, -0.15) is 0 Å². The Morgan fingerprint density at radius 1 is 0.839 bits per heavy atom. The maximum absolute atomic E-state index is 12.2. The molecule has 1 rings (SSSR count). The van der Waals surface area contributed by atoms with Crippen LogP contribution < -0.4 is 4.74 Å². The number of allylic oxidation sites excluding steroid dienone is 6. The van der Waals surface area contributed by atoms with Gasteiger partial charge < -0.3 is 14.6 Å². The SMILES string of the molecule is CC(C)=CCCC(C)=CCOC(=O)c1ccc(OCC=C(C)CCC=C(C)C)cc1O. The normalized spacial score (nSPS) is 11.7. The molecule has 0 unspecified atom stereocenters. The smallest absolute Gasteiger partial charge is 0.342 e. The van der Waals surface area contributed by atoms with E-state index in [9.17, 15) is 9.90 Å². The molecule has 0 bridgehead atoms. The average Bonchev–Trinajstić information content (AvgIpc) is 2.67. The minimum atomic E-state index is -0.549. The number of aromatic hydroxyl groups is 1. The molecule has 1 aromatic carbocycles. The first kappa shape index (κ1) is 26.3. The average molecular weight is 427 g/mol. The Balaban J connectivity index is 2.51. The Hall–Kier alpha value is -2.75. The van der Waals surface area contributed by atoms with E-state index in [-0.39, 0.29) is 17.9 Å². The van der Waals surface area contributed by atoms with Crippen LogP contribution in [0.3, 0.4) is 0 Å². The second-order valence-corrected chi connectivity index (χ2v) is 8.33. The molecule has 0 atom stereocenters. The van der Waals surface area contributed by atoms with Gasteiger partial charge in [0.05, 0.1) is 0 Å². The van der Waals surface area contributed by atoms with Gasteiger partial charge in [0, 0.05) is 6.07 Å². The summed E-state index contributed by atoms with van der Waals surface area (Å²) in [7, 11) is 0. The molecule has 0 aliphatic rings. The monoisotopic (exact) mass is 426 g/mol. The first-order chi connectivity index (χ1) is 14.7. The van der Waals surface area contributed by atoms with Crippen LogP contribution in [0.2, 0.25) is 0 Å². The van der Waals surface area contributed by atoms with Crippen LogP contribution in [0.5, 0.6) is 11.5 Å². The number of phenols is 1. The Kier molecular flexibility index (Phi) is 12.1. The van der Waals surface area contributed by atoms with Crippen molar-refractivity contribution in [2.24, 2.45) is 0 Å². The number of ether oxygens (including phenoxy) is 2. The number of phenolic OH excluding ortho intramolecular Hbond substituents is 1. The highest BCUT2D eigenvalue weighted by Crippen LogP contribution is 2.24. The van der Waals surface area contributed by atoms with E-state index in [1.165, 1.54) is 34.4 Å². The molecule has 170 valence electrons. The van der Waals surface area contributed by atoms with E-state index >= 15 is 0 Å². The van der Waals surface area contributed by atoms with E-state index in [0.29, 0.717) is 12.4 Å². The van der Waals surface area contributed by atoms with Crippen molar-refractivity contribution in [1.29, 1.82) is 0 Å². The van der Waals surface area contributed by atoms with Crippen LogP contribution in [-0.2, 0) is 4.74 Å². The summed E-state index contributed by atoms with van der Waals surface area (Å²) in [6.07, 6.45) is 12.3. The van der Waals surface area contributed by atoms with Crippen molar-refractivity contribution in [1.82, 2.24) is 0 Å². The van der Waals surface area contributed by atoms with Crippen molar-refractivity contribution in [3.8, 4) is 11.5 Å². The van der Waals surface area contributed by atoms with Crippen molar-refractivity contribution in [3.05, 3.63) is 70.4 Å². The highest BCUT2D eigenvalue weighted by molar-refractivity contribution is 5.92. The van der Waals surface area contributed by atoms with Gasteiger partial charge in [-0.3, -0.25) is 0 Å². The van der Waals surface area contributed by atoms with Gasteiger partial charge in [-0.05, 0) is 91.5 Å². The summed E-state index contributed by atoms with van der Waals surface area (Å²) in [5.74, 6) is -0.180. The van der Waals surface area contributed by atoms with Crippen molar-refractivity contribution in [3.63, 3.8) is 0 Å². The lowest BCUT2D eigenvalue weighted by atomic mass is 10.1. The zero-order valence-corrected chi connectivity index (χ0v) is 20.0. The summed E-state index contributed by atoms with van der Waals surface area (Å²) in [5.41, 5.74) is 5.18. The Labute approximate surface area is 188 Å². The molecule has 4 nitrogen and oxygen atoms in total. The molecule has 1 N–H and O–H groups in total. The van der Waals surface area contributed by atoms with Crippen molar-refractivity contribution in [2.45, 2.75) is 67.2 Å². The number of esters is 1. The van der Waals surface area contributed by atoms with Crippen LogP contribution in [0, 0.1) is 0 Å². The van der Waals surface area contributed by atoms with Gasteiger partial charge in [0.15, 0.2) is 0 Å². The van der Waals surface area contributed by atoms with Crippen LogP contribution in [-0.4, -0.2) is 24.3 Å². The zero-order valence-electron chi connectivity index (χ0n) is 20.0. The number of benzene rings is 1. The fraction of sp³-hybridized carbons (Fsp3) is 0.444. The van der Waals surface area contributed by atoms with Gasteiger partial charge in [-0.1, -0.05) is 34.4 Å². The molecule has 0 saturated heterocycles. The number of hydrogen-bond acceptors (Lipinski definition) is 4. The molecule has 0 aliphatic heterocycles. The quantitative estimate of drug-likeness (QED) is 0.281. The molecule has 31 heavy (non-hydrogen) atoms. The highest BCUT2D eigenvalue weighted by atomic mass is 16.5. The highest BCUT2D eigenvalue weighted by Gasteiger charge is 2.13. The third-order valence-corrected chi connectivity index (χ3v) is 4.70. The van der Waals surface area contributed by atoms with E-state index < -0.39 is 5.97 Å². The molecule has 1 aromatic rings. The van der Waals surface area contributed by atoms with Gasteiger partial charge in [-0.25, -0.2) is 4.79 Å². The predicted octanol–water partition coefficient (Wildman–Crippen LogP) is 7.31. The number of rotatable bonds is 12. The molecule has 0 fully saturated rings. The summed E-state index contributed by atoms with van der Waals surface area (Å²) in [6.45, 7) is 13.1. The van der Waals surface area contributed by atoms with Crippen LogP contribution in [0.4, 0.5) is 0 Å². The lowest BCUT2D eigenvalue weighted by Gasteiger charge is -2.08. The maximum atomic E-state index is 12.2. The van der Waals surface area contributed by atoms with Gasteiger partial charge in [0.1, 0.15) is 30.3 Å². The fourth-order valence-electron chi connectivity index (χ4n) is 2.77. The third kappa shape index (κ3) is 11.9. The first-order valence-electron chi connectivity index (χ1n) is 10.9. The molecule has 0 spiro atoms. The minimum absolute atomic E-state index is 0.136. The largest absolute Gasteiger partial charge is 0.507 e. The van der Waals surface area contributed by atoms with Gasteiger partial charge in [0.25, 0.3) is 0 Å². The lowest BCUT2D eigenvalue weighted by molar-refractivity contribution is 0.0545. The summed E-state index contributed by atoms with van der Waals surface area (Å²) in [5, 5.41) is 10.2. The summed E-state index contributed by atoms with van der Waals surface area (Å²) >= 11 is 0. The van der Waals surface area contributed by atoms with Gasteiger partial charge >= 0.3 is 5.97 Å². The molecule has 0 aliphatic carbocycles. The summed E-state index contributed by atoms with van der Waals surface area (Å²) < 4.78 is 10.9. The van der Waals surface area contributed by atoms with Crippen molar-refractivity contribution >= 4 is 5.97 Å². The lowest BCUT2D eigenvalue weighted by Crippen LogP contribution is -2.06.